The molecular formula is C26H23Cl2N3O2. The van der Waals surface area contributed by atoms with Gasteiger partial charge in [0.05, 0.1) is 11.6 Å². The van der Waals surface area contributed by atoms with Crippen molar-refractivity contribution >= 4 is 34.9 Å². The number of rotatable bonds is 7. The van der Waals surface area contributed by atoms with Crippen LogP contribution < -0.4 is 10.1 Å². The topological polar surface area (TPSA) is 56.1 Å². The number of carbonyl (C=O) groups is 1. The van der Waals surface area contributed by atoms with Gasteiger partial charge in [-0.05, 0) is 66.9 Å². The van der Waals surface area contributed by atoms with Gasteiger partial charge in [0.25, 0.3) is 5.91 Å². The molecule has 0 saturated carbocycles. The van der Waals surface area contributed by atoms with E-state index < -0.39 is 0 Å². The van der Waals surface area contributed by atoms with Crippen LogP contribution in [0.5, 0.6) is 5.75 Å². The quantitative estimate of drug-likeness (QED) is 0.321. The minimum Gasteiger partial charge on any atom is -0.487 e. The standard InChI is InChI=1S/C26H23Cl2N3O2/c1-17-6-11-23(28)24(12-17)33-16-20-4-3-5-21(14-20)26(32)29-25-13-18(2)31(30-25)15-19-7-9-22(27)10-8-19/h3-14H,15-16H2,1-2H3,(H,29,30,32). The lowest BCUT2D eigenvalue weighted by atomic mass is 10.1. The number of carbonyl (C=O) groups excluding carboxylic acids is 1. The molecule has 0 atom stereocenters. The number of aryl methyl sites for hydroxylation is 2. The Morgan fingerprint density at radius 3 is 2.55 bits per heavy atom. The van der Waals surface area contributed by atoms with Gasteiger partial charge in [0.15, 0.2) is 5.82 Å². The zero-order chi connectivity index (χ0) is 23.4. The fraction of sp³-hybridized carbons (Fsp3) is 0.154. The summed E-state index contributed by atoms with van der Waals surface area (Å²) >= 11 is 12.2. The largest absolute Gasteiger partial charge is 0.487 e. The molecule has 0 aliphatic heterocycles. The Labute approximate surface area is 202 Å². The van der Waals surface area contributed by atoms with Gasteiger partial charge in [-0.25, -0.2) is 0 Å². The van der Waals surface area contributed by atoms with E-state index in [0.29, 0.717) is 40.3 Å². The molecule has 33 heavy (non-hydrogen) atoms. The van der Waals surface area contributed by atoms with Crippen LogP contribution in [0.1, 0.15) is 32.7 Å². The molecule has 4 aromatic rings. The van der Waals surface area contributed by atoms with Gasteiger partial charge in [0.2, 0.25) is 0 Å². The van der Waals surface area contributed by atoms with Gasteiger partial charge in [0.1, 0.15) is 12.4 Å². The molecule has 0 aliphatic rings. The van der Waals surface area contributed by atoms with E-state index in [2.05, 4.69) is 10.4 Å². The summed E-state index contributed by atoms with van der Waals surface area (Å²) in [7, 11) is 0. The average Bonchev–Trinajstić information content (AvgIpc) is 3.14. The van der Waals surface area contributed by atoms with Crippen molar-refractivity contribution in [3.63, 3.8) is 0 Å². The highest BCUT2D eigenvalue weighted by molar-refractivity contribution is 6.32. The summed E-state index contributed by atoms with van der Waals surface area (Å²) in [5.74, 6) is 0.884. The number of nitrogens with one attached hydrogen (secondary N) is 1. The molecule has 0 saturated heterocycles. The van der Waals surface area contributed by atoms with E-state index in [1.807, 2.05) is 79.2 Å². The van der Waals surface area contributed by atoms with Gasteiger partial charge < -0.3 is 10.1 Å². The Morgan fingerprint density at radius 2 is 1.76 bits per heavy atom. The second kappa shape index (κ2) is 10.1. The molecule has 1 heterocycles. The number of ether oxygens (including phenoxy) is 1. The maximum atomic E-state index is 12.8. The summed E-state index contributed by atoms with van der Waals surface area (Å²) < 4.78 is 7.69. The van der Waals surface area contributed by atoms with E-state index in [-0.39, 0.29) is 5.91 Å². The molecular weight excluding hydrogens is 457 g/mol. The number of benzene rings is 3. The van der Waals surface area contributed by atoms with Crippen molar-refractivity contribution < 1.29 is 9.53 Å². The molecule has 7 heteroatoms. The van der Waals surface area contributed by atoms with Crippen LogP contribution in [-0.2, 0) is 13.2 Å². The normalized spacial score (nSPS) is 10.8. The van der Waals surface area contributed by atoms with E-state index in [1.54, 1.807) is 12.1 Å². The minimum atomic E-state index is -0.235. The van der Waals surface area contributed by atoms with E-state index in [9.17, 15) is 4.79 Å². The van der Waals surface area contributed by atoms with Gasteiger partial charge >= 0.3 is 0 Å². The smallest absolute Gasteiger partial charge is 0.256 e. The number of anilines is 1. The van der Waals surface area contributed by atoms with Gasteiger partial charge in [-0.3, -0.25) is 9.48 Å². The molecule has 4 rings (SSSR count). The summed E-state index contributed by atoms with van der Waals surface area (Å²) in [6, 6.07) is 22.4. The van der Waals surface area contributed by atoms with E-state index >= 15 is 0 Å². The molecule has 0 bridgehead atoms. The number of hydrogen-bond acceptors (Lipinski definition) is 3. The first-order valence-electron chi connectivity index (χ1n) is 10.5. The van der Waals surface area contributed by atoms with Crippen LogP contribution in [-0.4, -0.2) is 15.7 Å². The third-order valence-corrected chi connectivity index (χ3v) is 5.70. The van der Waals surface area contributed by atoms with Crippen LogP contribution in [0, 0.1) is 13.8 Å². The number of hydrogen-bond donors (Lipinski definition) is 1. The highest BCUT2D eigenvalue weighted by atomic mass is 35.5. The lowest BCUT2D eigenvalue weighted by Crippen LogP contribution is -2.13. The van der Waals surface area contributed by atoms with E-state index in [1.165, 1.54) is 0 Å². The Hall–Kier alpha value is -3.28. The highest BCUT2D eigenvalue weighted by Crippen LogP contribution is 2.26. The summed E-state index contributed by atoms with van der Waals surface area (Å²) in [5, 5.41) is 8.65. The Bertz CT molecular complexity index is 1280. The third kappa shape index (κ3) is 5.95. The first-order valence-corrected chi connectivity index (χ1v) is 11.2. The second-order valence-electron chi connectivity index (χ2n) is 7.83. The number of nitrogens with zero attached hydrogens (tertiary/aromatic N) is 2. The third-order valence-electron chi connectivity index (χ3n) is 5.14. The summed E-state index contributed by atoms with van der Waals surface area (Å²) in [4.78, 5) is 12.8. The van der Waals surface area contributed by atoms with Crippen molar-refractivity contribution in [1.82, 2.24) is 9.78 Å². The van der Waals surface area contributed by atoms with E-state index in [4.69, 9.17) is 27.9 Å². The lowest BCUT2D eigenvalue weighted by Gasteiger charge is -2.10. The SMILES string of the molecule is Cc1ccc(Cl)c(OCc2cccc(C(=O)Nc3cc(C)n(Cc4ccc(Cl)cc4)n3)c2)c1. The van der Waals surface area contributed by atoms with Crippen molar-refractivity contribution in [2.75, 3.05) is 5.32 Å². The van der Waals surface area contributed by atoms with Crippen LogP contribution >= 0.6 is 23.2 Å². The van der Waals surface area contributed by atoms with Crippen molar-refractivity contribution in [3.05, 3.63) is 111 Å². The molecule has 3 aromatic carbocycles. The molecule has 0 unspecified atom stereocenters. The molecule has 168 valence electrons. The van der Waals surface area contributed by atoms with Crippen molar-refractivity contribution in [1.29, 1.82) is 0 Å². The summed E-state index contributed by atoms with van der Waals surface area (Å²) in [6.07, 6.45) is 0. The Morgan fingerprint density at radius 1 is 0.970 bits per heavy atom. The van der Waals surface area contributed by atoms with Gasteiger partial charge in [-0.15, -0.1) is 0 Å². The van der Waals surface area contributed by atoms with Crippen LogP contribution in [0.15, 0.2) is 72.8 Å². The fourth-order valence-electron chi connectivity index (χ4n) is 3.37. The number of aromatic nitrogens is 2. The lowest BCUT2D eigenvalue weighted by molar-refractivity contribution is 0.102. The Kier molecular flexibility index (Phi) is 7.02. The molecule has 0 fully saturated rings. The maximum absolute atomic E-state index is 12.8. The monoisotopic (exact) mass is 479 g/mol. The molecule has 0 spiro atoms. The number of amides is 1. The Balaban J connectivity index is 1.41. The first-order chi connectivity index (χ1) is 15.9. The van der Waals surface area contributed by atoms with Crippen molar-refractivity contribution in [2.45, 2.75) is 27.0 Å². The van der Waals surface area contributed by atoms with Crippen molar-refractivity contribution in [3.8, 4) is 5.75 Å². The maximum Gasteiger partial charge on any atom is 0.256 e. The van der Waals surface area contributed by atoms with Gasteiger partial charge in [0, 0.05) is 22.3 Å². The molecule has 1 N–H and O–H groups in total. The fourth-order valence-corrected chi connectivity index (χ4v) is 3.67. The summed E-state index contributed by atoms with van der Waals surface area (Å²) in [5.41, 5.74) is 4.47. The summed E-state index contributed by atoms with van der Waals surface area (Å²) in [6.45, 7) is 4.83. The first kappa shape index (κ1) is 22.9. The van der Waals surface area contributed by atoms with Gasteiger partial charge in [-0.1, -0.05) is 53.5 Å². The van der Waals surface area contributed by atoms with Crippen molar-refractivity contribution in [2.24, 2.45) is 0 Å². The highest BCUT2D eigenvalue weighted by Gasteiger charge is 2.12. The molecule has 0 radical (unpaired) electrons. The molecule has 0 aliphatic carbocycles. The molecule has 5 nitrogen and oxygen atoms in total. The minimum absolute atomic E-state index is 0.235. The predicted molar refractivity (Wildman–Crippen MR) is 132 cm³/mol. The van der Waals surface area contributed by atoms with Crippen LogP contribution in [0.25, 0.3) is 0 Å². The van der Waals surface area contributed by atoms with Gasteiger partial charge in [-0.2, -0.15) is 5.10 Å². The zero-order valence-electron chi connectivity index (χ0n) is 18.3. The second-order valence-corrected chi connectivity index (χ2v) is 8.68. The molecule has 1 amide bonds. The van der Waals surface area contributed by atoms with Crippen LogP contribution in [0.4, 0.5) is 5.82 Å². The van der Waals surface area contributed by atoms with E-state index in [0.717, 1.165) is 22.4 Å². The molecule has 1 aromatic heterocycles. The zero-order valence-corrected chi connectivity index (χ0v) is 19.8. The van der Waals surface area contributed by atoms with Crippen LogP contribution in [0.2, 0.25) is 10.0 Å². The predicted octanol–water partition coefficient (Wildman–Crippen LogP) is 6.69. The number of halogens is 2. The average molecular weight is 480 g/mol. The van der Waals surface area contributed by atoms with Crippen LogP contribution in [0.3, 0.4) is 0 Å².